The van der Waals surface area contributed by atoms with E-state index in [-0.39, 0.29) is 16.1 Å². The van der Waals surface area contributed by atoms with Crippen LogP contribution in [0, 0.1) is 24.0 Å². The van der Waals surface area contributed by atoms with Crippen LogP contribution in [0.4, 0.5) is 11.4 Å². The molecule has 1 aromatic carbocycles. The maximum Gasteiger partial charge on any atom is 0.293 e. The number of rotatable bonds is 7. The average Bonchev–Trinajstić information content (AvgIpc) is 3.18. The Labute approximate surface area is 149 Å². The molecule has 0 bridgehead atoms. The van der Waals surface area contributed by atoms with Gasteiger partial charge in [-0.15, -0.1) is 11.3 Å². The van der Waals surface area contributed by atoms with Gasteiger partial charge in [0.05, 0.1) is 22.2 Å². The van der Waals surface area contributed by atoms with E-state index in [9.17, 15) is 10.1 Å². The summed E-state index contributed by atoms with van der Waals surface area (Å²) in [4.78, 5) is 17.4. The first-order chi connectivity index (χ1) is 11.4. The number of nitro groups is 1. The fourth-order valence-corrected chi connectivity index (χ4v) is 4.01. The summed E-state index contributed by atoms with van der Waals surface area (Å²) in [6.07, 6.45) is 2.30. The molecule has 24 heavy (non-hydrogen) atoms. The number of aromatic nitrogens is 1. The minimum atomic E-state index is -0.337. The molecule has 1 fully saturated rings. The van der Waals surface area contributed by atoms with Gasteiger partial charge in [0.25, 0.3) is 5.69 Å². The second-order valence-corrected chi connectivity index (χ2v) is 8.46. The Hall–Kier alpha value is -1.64. The molecule has 1 aliphatic rings. The molecule has 1 aromatic heterocycles. The summed E-state index contributed by atoms with van der Waals surface area (Å²) in [7, 11) is 0. The fraction of sp³-hybridized carbons (Fsp3) is 0.438. The topological polar surface area (TPSA) is 80.1 Å². The molecule has 0 aliphatic heterocycles. The monoisotopic (exact) mass is 364 g/mol. The van der Waals surface area contributed by atoms with E-state index in [1.807, 2.05) is 19.9 Å². The molecule has 0 radical (unpaired) electrons. The lowest BCUT2D eigenvalue weighted by Gasteiger charge is -2.11. The lowest BCUT2D eigenvalue weighted by Crippen LogP contribution is -2.19. The number of benzene rings is 1. The van der Waals surface area contributed by atoms with Gasteiger partial charge in [-0.25, -0.2) is 4.98 Å². The van der Waals surface area contributed by atoms with E-state index >= 15 is 0 Å². The highest BCUT2D eigenvalue weighted by Crippen LogP contribution is 2.38. The van der Waals surface area contributed by atoms with Gasteiger partial charge in [-0.2, -0.15) is 0 Å². The van der Waals surface area contributed by atoms with E-state index < -0.39 is 0 Å². The van der Waals surface area contributed by atoms with Crippen molar-refractivity contribution >= 4 is 34.7 Å². The highest BCUT2D eigenvalue weighted by Gasteiger charge is 2.37. The number of nitrogens with zero attached hydrogens (tertiary/aromatic N) is 2. The predicted molar refractivity (Wildman–Crippen MR) is 98.6 cm³/mol. The third-order valence-corrected chi connectivity index (χ3v) is 6.18. The van der Waals surface area contributed by atoms with Crippen molar-refractivity contribution in [3.05, 3.63) is 43.9 Å². The molecule has 0 spiro atoms. The summed E-state index contributed by atoms with van der Waals surface area (Å²) in [6.45, 7) is 6.62. The minimum Gasteiger partial charge on any atom is -0.375 e. The van der Waals surface area contributed by atoms with E-state index in [0.717, 1.165) is 33.3 Å². The summed E-state index contributed by atoms with van der Waals surface area (Å²) >= 11 is 3.07. The van der Waals surface area contributed by atoms with E-state index in [2.05, 4.69) is 21.9 Å². The Morgan fingerprint density at radius 3 is 2.75 bits per heavy atom. The third-order valence-electron chi connectivity index (χ3n) is 4.02. The second-order valence-electron chi connectivity index (χ2n) is 6.30. The molecule has 8 heteroatoms. The Morgan fingerprint density at radius 2 is 2.17 bits per heavy atom. The number of thiazole rings is 1. The van der Waals surface area contributed by atoms with Gasteiger partial charge < -0.3 is 5.32 Å². The Bertz CT molecular complexity index is 771. The third kappa shape index (κ3) is 4.06. The minimum absolute atomic E-state index is 0.0987. The van der Waals surface area contributed by atoms with Crippen LogP contribution in [0.3, 0.4) is 0 Å². The lowest BCUT2D eigenvalue weighted by atomic mass is 10.2. The molecule has 2 aromatic rings. The van der Waals surface area contributed by atoms with Crippen molar-refractivity contribution in [1.82, 2.24) is 9.71 Å². The largest absolute Gasteiger partial charge is 0.375 e. The van der Waals surface area contributed by atoms with Crippen LogP contribution in [0.1, 0.15) is 35.3 Å². The molecule has 0 atom stereocenters. The predicted octanol–water partition coefficient (Wildman–Crippen LogP) is 4.43. The van der Waals surface area contributed by atoms with Gasteiger partial charge in [0, 0.05) is 21.4 Å². The first-order valence-electron chi connectivity index (χ1n) is 7.75. The lowest BCUT2D eigenvalue weighted by molar-refractivity contribution is -0.384. The standard InChI is InChI=1S/C16H20N4O2S2/c1-10-15(23-11(2)18-10)9-17-13-5-4-12(8-14(13)20(21)22)24-19-16(3)6-7-16/h4-5,8,17,19H,6-7,9H2,1-3H3. The van der Waals surface area contributed by atoms with Crippen LogP contribution in [0.25, 0.3) is 0 Å². The summed E-state index contributed by atoms with van der Waals surface area (Å²) in [6, 6.07) is 5.31. The number of aryl methyl sites for hydroxylation is 2. The van der Waals surface area contributed by atoms with Crippen LogP contribution in [0.15, 0.2) is 23.1 Å². The van der Waals surface area contributed by atoms with Gasteiger partial charge in [-0.05, 0) is 57.7 Å². The number of hydrogen-bond acceptors (Lipinski definition) is 7. The van der Waals surface area contributed by atoms with Gasteiger partial charge in [0.1, 0.15) is 5.69 Å². The molecule has 1 aliphatic carbocycles. The molecular weight excluding hydrogens is 344 g/mol. The molecular formula is C16H20N4O2S2. The van der Waals surface area contributed by atoms with Gasteiger partial charge in [-0.3, -0.25) is 14.8 Å². The van der Waals surface area contributed by atoms with Crippen LogP contribution >= 0.6 is 23.3 Å². The van der Waals surface area contributed by atoms with Crippen molar-refractivity contribution < 1.29 is 4.92 Å². The Morgan fingerprint density at radius 1 is 1.42 bits per heavy atom. The maximum absolute atomic E-state index is 11.4. The van der Waals surface area contributed by atoms with E-state index in [1.165, 1.54) is 11.9 Å². The van der Waals surface area contributed by atoms with E-state index in [1.54, 1.807) is 23.5 Å². The number of nitrogens with one attached hydrogen (secondary N) is 2. The van der Waals surface area contributed by atoms with Crippen LogP contribution in [0.2, 0.25) is 0 Å². The Kier molecular flexibility index (Phi) is 4.80. The molecule has 0 amide bonds. The molecule has 6 nitrogen and oxygen atoms in total. The second kappa shape index (κ2) is 6.70. The van der Waals surface area contributed by atoms with Crippen LogP contribution in [-0.2, 0) is 6.54 Å². The van der Waals surface area contributed by atoms with Crippen LogP contribution < -0.4 is 10.0 Å². The number of nitro benzene ring substituents is 1. The van der Waals surface area contributed by atoms with Crippen molar-refractivity contribution in [2.24, 2.45) is 0 Å². The summed E-state index contributed by atoms with van der Waals surface area (Å²) in [5, 5.41) is 15.6. The van der Waals surface area contributed by atoms with Gasteiger partial charge in [0.2, 0.25) is 0 Å². The molecule has 2 N–H and O–H groups in total. The zero-order chi connectivity index (χ0) is 17.3. The fourth-order valence-electron chi connectivity index (χ4n) is 2.26. The van der Waals surface area contributed by atoms with E-state index in [0.29, 0.717) is 12.2 Å². The van der Waals surface area contributed by atoms with Crippen molar-refractivity contribution in [1.29, 1.82) is 0 Å². The van der Waals surface area contributed by atoms with Crippen LogP contribution in [-0.4, -0.2) is 15.4 Å². The van der Waals surface area contributed by atoms with Gasteiger partial charge >= 0.3 is 0 Å². The van der Waals surface area contributed by atoms with Crippen molar-refractivity contribution in [3.63, 3.8) is 0 Å². The SMILES string of the molecule is Cc1nc(C)c(CNc2ccc(SNC3(C)CC3)cc2[N+](=O)[O-])s1. The summed E-state index contributed by atoms with van der Waals surface area (Å²) in [5.41, 5.74) is 1.79. The van der Waals surface area contributed by atoms with Crippen molar-refractivity contribution in [2.45, 2.75) is 50.6 Å². The highest BCUT2D eigenvalue weighted by atomic mass is 32.2. The van der Waals surface area contributed by atoms with Crippen molar-refractivity contribution in [3.8, 4) is 0 Å². The smallest absolute Gasteiger partial charge is 0.293 e. The Balaban J connectivity index is 1.72. The van der Waals surface area contributed by atoms with E-state index in [4.69, 9.17) is 0 Å². The quantitative estimate of drug-likeness (QED) is 0.430. The first-order valence-corrected chi connectivity index (χ1v) is 9.39. The summed E-state index contributed by atoms with van der Waals surface area (Å²) < 4.78 is 3.37. The first kappa shape index (κ1) is 17.2. The normalized spacial score (nSPS) is 15.3. The molecule has 1 heterocycles. The molecule has 128 valence electrons. The molecule has 0 saturated heterocycles. The zero-order valence-corrected chi connectivity index (χ0v) is 15.5. The number of anilines is 1. The molecule has 0 unspecified atom stereocenters. The van der Waals surface area contributed by atoms with Crippen molar-refractivity contribution in [2.75, 3.05) is 5.32 Å². The van der Waals surface area contributed by atoms with Crippen LogP contribution in [0.5, 0.6) is 0 Å². The van der Waals surface area contributed by atoms with Gasteiger partial charge in [0.15, 0.2) is 0 Å². The van der Waals surface area contributed by atoms with Gasteiger partial charge in [-0.1, -0.05) is 0 Å². The highest BCUT2D eigenvalue weighted by molar-refractivity contribution is 7.97. The molecule has 1 saturated carbocycles. The maximum atomic E-state index is 11.4. The zero-order valence-electron chi connectivity index (χ0n) is 13.9. The average molecular weight is 364 g/mol. The number of hydrogen-bond donors (Lipinski definition) is 2. The summed E-state index contributed by atoms with van der Waals surface area (Å²) in [5.74, 6) is 0. The molecule has 3 rings (SSSR count).